The number of benzene rings is 4. The second-order valence-electron chi connectivity index (χ2n) is 10.9. The molecule has 11 heteroatoms. The first kappa shape index (κ1) is 30.7. The second-order valence-corrected chi connectivity index (χ2v) is 11.9. The summed E-state index contributed by atoms with van der Waals surface area (Å²) < 4.78 is 24.8. The number of nitrogens with zero attached hydrogens (tertiary/aromatic N) is 2. The molecule has 0 saturated carbocycles. The van der Waals surface area contributed by atoms with Crippen molar-refractivity contribution in [2.75, 3.05) is 13.4 Å². The van der Waals surface area contributed by atoms with Crippen LogP contribution in [0, 0.1) is 0 Å². The SMILES string of the molecule is CCOC(=O)C1=C(c2ccccc2)N=c2s/c(=C\c3ccccc3OCc3ccc(C(=O)O)cc3)c(=O)n2[C@@H]1c1ccc2c(c1)OCO2. The Balaban J connectivity index is 1.36. The summed E-state index contributed by atoms with van der Waals surface area (Å²) in [7, 11) is 0. The van der Waals surface area contributed by atoms with E-state index < -0.39 is 18.0 Å². The molecule has 1 atom stereocenters. The van der Waals surface area contributed by atoms with Crippen molar-refractivity contribution in [2.24, 2.45) is 4.99 Å². The molecule has 0 spiro atoms. The molecule has 4 aromatic carbocycles. The summed E-state index contributed by atoms with van der Waals surface area (Å²) in [5, 5.41) is 9.20. The lowest BCUT2D eigenvalue weighted by Crippen LogP contribution is -2.40. The zero-order chi connectivity index (χ0) is 33.2. The highest BCUT2D eigenvalue weighted by atomic mass is 32.1. The predicted octanol–water partition coefficient (Wildman–Crippen LogP) is 4.94. The Kier molecular flexibility index (Phi) is 8.35. The van der Waals surface area contributed by atoms with Crippen molar-refractivity contribution in [1.29, 1.82) is 0 Å². The molecule has 0 fully saturated rings. The quantitative estimate of drug-likeness (QED) is 0.221. The summed E-state index contributed by atoms with van der Waals surface area (Å²) in [5.41, 5.74) is 3.30. The van der Waals surface area contributed by atoms with E-state index in [9.17, 15) is 19.5 Å². The minimum absolute atomic E-state index is 0.0759. The normalized spacial score (nSPS) is 15.1. The number of esters is 1. The van der Waals surface area contributed by atoms with Crippen LogP contribution in [0.15, 0.2) is 112 Å². The van der Waals surface area contributed by atoms with Crippen LogP contribution in [0.2, 0.25) is 0 Å². The van der Waals surface area contributed by atoms with Crippen molar-refractivity contribution in [3.63, 3.8) is 0 Å². The molecule has 0 saturated heterocycles. The molecule has 0 unspecified atom stereocenters. The van der Waals surface area contributed by atoms with Crippen LogP contribution in [0.25, 0.3) is 11.8 Å². The number of thiazole rings is 1. The molecule has 0 amide bonds. The molecule has 2 aliphatic rings. The van der Waals surface area contributed by atoms with Gasteiger partial charge < -0.3 is 24.1 Å². The van der Waals surface area contributed by atoms with Gasteiger partial charge in [-0.25, -0.2) is 14.6 Å². The lowest BCUT2D eigenvalue weighted by atomic mass is 9.93. The van der Waals surface area contributed by atoms with Crippen molar-refractivity contribution in [3.8, 4) is 17.2 Å². The van der Waals surface area contributed by atoms with Gasteiger partial charge in [0.25, 0.3) is 5.56 Å². The van der Waals surface area contributed by atoms with Gasteiger partial charge in [0.1, 0.15) is 12.4 Å². The number of carbonyl (C=O) groups excluding carboxylic acids is 1. The van der Waals surface area contributed by atoms with E-state index in [4.69, 9.17) is 23.9 Å². The zero-order valence-corrected chi connectivity index (χ0v) is 26.4. The molecule has 1 aromatic heterocycles. The van der Waals surface area contributed by atoms with Crippen molar-refractivity contribution < 1.29 is 33.6 Å². The van der Waals surface area contributed by atoms with Gasteiger partial charge in [0, 0.05) is 11.1 Å². The molecule has 0 radical (unpaired) electrons. The third kappa shape index (κ3) is 5.87. The predicted molar refractivity (Wildman–Crippen MR) is 178 cm³/mol. The molecule has 240 valence electrons. The Morgan fingerprint density at radius 1 is 0.979 bits per heavy atom. The minimum Gasteiger partial charge on any atom is -0.488 e. The Bertz CT molecular complexity index is 2260. The maximum Gasteiger partial charge on any atom is 0.338 e. The van der Waals surface area contributed by atoms with Crippen molar-refractivity contribution in [2.45, 2.75) is 19.6 Å². The molecule has 0 bridgehead atoms. The smallest absolute Gasteiger partial charge is 0.338 e. The summed E-state index contributed by atoms with van der Waals surface area (Å²) in [6.45, 7) is 2.14. The fraction of sp³-hybridized carbons (Fsp3) is 0.135. The van der Waals surface area contributed by atoms with Gasteiger partial charge >= 0.3 is 11.9 Å². The van der Waals surface area contributed by atoms with Crippen LogP contribution in [0.1, 0.15) is 45.6 Å². The van der Waals surface area contributed by atoms with Crippen molar-refractivity contribution in [3.05, 3.63) is 150 Å². The van der Waals surface area contributed by atoms with E-state index >= 15 is 0 Å². The fourth-order valence-electron chi connectivity index (χ4n) is 5.62. The number of aromatic nitrogens is 1. The van der Waals surface area contributed by atoms with Crippen LogP contribution in [0.3, 0.4) is 0 Å². The van der Waals surface area contributed by atoms with Crippen LogP contribution in [-0.2, 0) is 16.1 Å². The first-order valence-corrected chi connectivity index (χ1v) is 15.9. The molecule has 5 aromatic rings. The van der Waals surface area contributed by atoms with Crippen molar-refractivity contribution in [1.82, 2.24) is 4.57 Å². The molecule has 2 aliphatic heterocycles. The van der Waals surface area contributed by atoms with E-state index in [0.29, 0.717) is 49.0 Å². The Hall–Kier alpha value is -5.94. The largest absolute Gasteiger partial charge is 0.488 e. The maximum absolute atomic E-state index is 14.3. The van der Waals surface area contributed by atoms with E-state index in [0.717, 1.165) is 5.56 Å². The molecule has 0 aliphatic carbocycles. The van der Waals surface area contributed by atoms with Crippen LogP contribution >= 0.6 is 11.3 Å². The number of fused-ring (bicyclic) bond motifs is 2. The number of carboxylic acid groups (broad SMARTS) is 1. The fourth-order valence-corrected chi connectivity index (χ4v) is 6.61. The van der Waals surface area contributed by atoms with Crippen LogP contribution in [0.4, 0.5) is 0 Å². The highest BCUT2D eigenvalue weighted by Gasteiger charge is 2.36. The summed E-state index contributed by atoms with van der Waals surface area (Å²) in [6, 6.07) is 27.6. The topological polar surface area (TPSA) is 126 Å². The third-order valence-corrected chi connectivity index (χ3v) is 8.87. The summed E-state index contributed by atoms with van der Waals surface area (Å²) in [4.78, 5) is 44.6. The summed E-state index contributed by atoms with van der Waals surface area (Å²) >= 11 is 1.21. The van der Waals surface area contributed by atoms with E-state index in [1.54, 1.807) is 43.3 Å². The number of aromatic carboxylic acids is 1. The van der Waals surface area contributed by atoms with Crippen molar-refractivity contribution >= 4 is 35.0 Å². The first-order valence-electron chi connectivity index (χ1n) is 15.1. The van der Waals surface area contributed by atoms with Gasteiger partial charge in [-0.3, -0.25) is 9.36 Å². The number of hydrogen-bond acceptors (Lipinski definition) is 9. The number of para-hydroxylation sites is 1. The van der Waals surface area contributed by atoms with Crippen LogP contribution in [0.5, 0.6) is 17.2 Å². The minimum atomic E-state index is -1.000. The number of hydrogen-bond donors (Lipinski definition) is 1. The lowest BCUT2D eigenvalue weighted by molar-refractivity contribution is -0.138. The Morgan fingerprint density at radius 3 is 2.50 bits per heavy atom. The molecular formula is C37H28N2O8S. The monoisotopic (exact) mass is 660 g/mol. The van der Waals surface area contributed by atoms with Gasteiger partial charge in [0.2, 0.25) is 6.79 Å². The van der Waals surface area contributed by atoms with E-state index in [1.165, 1.54) is 28.0 Å². The van der Waals surface area contributed by atoms with E-state index in [-0.39, 0.29) is 36.7 Å². The number of carboxylic acids is 1. The summed E-state index contributed by atoms with van der Waals surface area (Å²) in [6.07, 6.45) is 1.75. The molecule has 1 N–H and O–H groups in total. The highest BCUT2D eigenvalue weighted by Crippen LogP contribution is 2.40. The Morgan fingerprint density at radius 2 is 1.73 bits per heavy atom. The maximum atomic E-state index is 14.3. The molecule has 3 heterocycles. The number of carbonyl (C=O) groups is 2. The second kappa shape index (κ2) is 13.0. The van der Waals surface area contributed by atoms with Crippen LogP contribution in [-0.4, -0.2) is 35.0 Å². The number of ether oxygens (including phenoxy) is 4. The highest BCUT2D eigenvalue weighted by molar-refractivity contribution is 7.07. The number of rotatable bonds is 9. The molecule has 48 heavy (non-hydrogen) atoms. The van der Waals surface area contributed by atoms with Crippen LogP contribution < -0.4 is 29.1 Å². The summed E-state index contributed by atoms with van der Waals surface area (Å²) in [5.74, 6) is 0.0490. The molecule has 7 rings (SSSR count). The standard InChI is InChI=1S/C37H28N2O8S/c1-2-44-36(43)31-32(23-8-4-3-5-9-23)38-37-39(33(31)26-16-17-28-29(18-26)47-21-46-28)34(40)30(48-37)19-25-10-6-7-11-27(25)45-20-22-12-14-24(15-13-22)35(41)42/h3-19,33H,2,20-21H2,1H3,(H,41,42)/b30-19-/t33-/m1/s1. The zero-order valence-electron chi connectivity index (χ0n) is 25.6. The first-order chi connectivity index (χ1) is 23.4. The van der Waals surface area contributed by atoms with Gasteiger partial charge in [-0.1, -0.05) is 78.1 Å². The average Bonchev–Trinajstić information content (AvgIpc) is 3.71. The van der Waals surface area contributed by atoms with Gasteiger partial charge in [-0.15, -0.1) is 0 Å². The van der Waals surface area contributed by atoms with E-state index in [2.05, 4.69) is 0 Å². The van der Waals surface area contributed by atoms with Gasteiger partial charge in [0.05, 0.1) is 34.0 Å². The molecule has 10 nitrogen and oxygen atoms in total. The molecular weight excluding hydrogens is 632 g/mol. The Labute approximate surface area is 278 Å². The van der Waals surface area contributed by atoms with Gasteiger partial charge in [-0.05, 0) is 54.5 Å². The third-order valence-electron chi connectivity index (χ3n) is 7.89. The van der Waals surface area contributed by atoms with Gasteiger partial charge in [0.15, 0.2) is 16.3 Å². The lowest BCUT2D eigenvalue weighted by Gasteiger charge is -2.26. The van der Waals surface area contributed by atoms with Gasteiger partial charge in [-0.2, -0.15) is 0 Å². The van der Waals surface area contributed by atoms with E-state index in [1.807, 2.05) is 54.6 Å². The average molecular weight is 661 g/mol.